The van der Waals surface area contributed by atoms with Crippen molar-refractivity contribution in [1.29, 1.82) is 0 Å². The van der Waals surface area contributed by atoms with Crippen molar-refractivity contribution in [2.24, 2.45) is 0 Å². The number of benzene rings is 1. The smallest absolute Gasteiger partial charge is 0.307 e. The zero-order valence-electron chi connectivity index (χ0n) is 9.99. The molecular formula is C11H9N5O4. The third-order valence-electron chi connectivity index (χ3n) is 2.34. The standard InChI is InChI=1S/C11H9N5O4/c17-10(7-4-2-1-3-5-7)15-14-9-8(16(19)20)11(18)13-6-12-9/h1-6H,(H,15,17)(H2,12,13,14,18). The molecule has 0 saturated heterocycles. The van der Waals surface area contributed by atoms with Crippen LogP contribution in [-0.2, 0) is 0 Å². The Morgan fingerprint density at radius 3 is 2.65 bits per heavy atom. The van der Waals surface area contributed by atoms with Gasteiger partial charge in [0.25, 0.3) is 5.91 Å². The summed E-state index contributed by atoms with van der Waals surface area (Å²) in [6.45, 7) is 0. The Hall–Kier alpha value is -3.23. The normalized spacial score (nSPS) is 9.80. The first-order valence-corrected chi connectivity index (χ1v) is 5.43. The second-order valence-electron chi connectivity index (χ2n) is 3.63. The number of hydrazine groups is 1. The average molecular weight is 275 g/mol. The number of aromatic amines is 1. The number of nitro groups is 1. The van der Waals surface area contributed by atoms with Crippen LogP contribution in [0.4, 0.5) is 11.5 Å². The van der Waals surface area contributed by atoms with Gasteiger partial charge in [-0.2, -0.15) is 0 Å². The van der Waals surface area contributed by atoms with Crippen LogP contribution < -0.4 is 16.4 Å². The summed E-state index contributed by atoms with van der Waals surface area (Å²) in [7, 11) is 0. The SMILES string of the molecule is O=C(NNc1nc[nH]c(=O)c1[N+](=O)[O-])c1ccccc1. The van der Waals surface area contributed by atoms with Gasteiger partial charge in [-0.3, -0.25) is 30.6 Å². The Kier molecular flexibility index (Phi) is 3.70. The lowest BCUT2D eigenvalue weighted by Crippen LogP contribution is -2.31. The summed E-state index contributed by atoms with van der Waals surface area (Å²) in [4.78, 5) is 38.6. The predicted molar refractivity (Wildman–Crippen MR) is 69.0 cm³/mol. The highest BCUT2D eigenvalue weighted by Crippen LogP contribution is 2.13. The van der Waals surface area contributed by atoms with Crippen LogP contribution in [-0.4, -0.2) is 20.8 Å². The highest BCUT2D eigenvalue weighted by Gasteiger charge is 2.20. The van der Waals surface area contributed by atoms with Gasteiger partial charge in [0, 0.05) is 5.56 Å². The second kappa shape index (κ2) is 5.61. The Morgan fingerprint density at radius 1 is 1.30 bits per heavy atom. The number of anilines is 1. The van der Waals surface area contributed by atoms with E-state index in [-0.39, 0.29) is 5.82 Å². The quantitative estimate of drug-likeness (QED) is 0.548. The molecular weight excluding hydrogens is 266 g/mol. The lowest BCUT2D eigenvalue weighted by atomic mass is 10.2. The molecule has 0 unspecified atom stereocenters. The number of nitrogens with one attached hydrogen (secondary N) is 3. The van der Waals surface area contributed by atoms with Crippen LogP contribution in [0.5, 0.6) is 0 Å². The van der Waals surface area contributed by atoms with Gasteiger partial charge in [0.15, 0.2) is 0 Å². The van der Waals surface area contributed by atoms with Gasteiger partial charge in [-0.25, -0.2) is 4.98 Å². The molecule has 1 heterocycles. The van der Waals surface area contributed by atoms with Gasteiger partial charge in [0.2, 0.25) is 5.82 Å². The number of hydrogen-bond donors (Lipinski definition) is 3. The van der Waals surface area contributed by atoms with E-state index >= 15 is 0 Å². The van der Waals surface area contributed by atoms with E-state index in [1.54, 1.807) is 30.3 Å². The van der Waals surface area contributed by atoms with Crippen LogP contribution in [0.1, 0.15) is 10.4 Å². The lowest BCUT2D eigenvalue weighted by molar-refractivity contribution is -0.385. The van der Waals surface area contributed by atoms with E-state index in [1.165, 1.54) is 0 Å². The summed E-state index contributed by atoms with van der Waals surface area (Å²) >= 11 is 0. The molecule has 1 amide bonds. The molecule has 0 radical (unpaired) electrons. The van der Waals surface area contributed by atoms with E-state index in [0.29, 0.717) is 5.56 Å². The molecule has 0 aliphatic heterocycles. The van der Waals surface area contributed by atoms with Gasteiger partial charge in [-0.1, -0.05) is 18.2 Å². The van der Waals surface area contributed by atoms with Crippen LogP contribution in [0.15, 0.2) is 41.5 Å². The van der Waals surface area contributed by atoms with Crippen LogP contribution in [0, 0.1) is 10.1 Å². The number of hydrogen-bond acceptors (Lipinski definition) is 6. The van der Waals surface area contributed by atoms with E-state index in [2.05, 4.69) is 20.8 Å². The Morgan fingerprint density at radius 2 is 2.00 bits per heavy atom. The van der Waals surface area contributed by atoms with Crippen molar-refractivity contribution in [2.45, 2.75) is 0 Å². The van der Waals surface area contributed by atoms with Crippen molar-refractivity contribution in [2.75, 3.05) is 5.43 Å². The summed E-state index contributed by atoms with van der Waals surface area (Å²) in [6, 6.07) is 8.21. The molecule has 1 aromatic heterocycles. The molecule has 0 fully saturated rings. The molecule has 102 valence electrons. The van der Waals surface area contributed by atoms with Crippen LogP contribution in [0.2, 0.25) is 0 Å². The molecule has 0 atom stereocenters. The largest absolute Gasteiger partial charge is 0.377 e. The van der Waals surface area contributed by atoms with Crippen molar-refractivity contribution in [3.63, 3.8) is 0 Å². The number of H-pyrrole nitrogens is 1. The van der Waals surface area contributed by atoms with Gasteiger partial charge >= 0.3 is 11.2 Å². The van der Waals surface area contributed by atoms with E-state index < -0.39 is 22.1 Å². The number of nitrogens with zero attached hydrogens (tertiary/aromatic N) is 2. The summed E-state index contributed by atoms with van der Waals surface area (Å²) in [5.41, 5.74) is 3.15. The molecule has 1 aromatic carbocycles. The molecule has 0 aliphatic rings. The zero-order chi connectivity index (χ0) is 14.5. The van der Waals surface area contributed by atoms with E-state index in [4.69, 9.17) is 0 Å². The Bertz CT molecular complexity index is 697. The minimum absolute atomic E-state index is 0.344. The summed E-state index contributed by atoms with van der Waals surface area (Å²) in [6.07, 6.45) is 0.992. The van der Waals surface area contributed by atoms with Gasteiger partial charge in [-0.15, -0.1) is 0 Å². The van der Waals surface area contributed by atoms with Crippen LogP contribution in [0.3, 0.4) is 0 Å². The predicted octanol–water partition coefficient (Wildman–Crippen LogP) is 0.435. The number of rotatable bonds is 4. The lowest BCUT2D eigenvalue weighted by Gasteiger charge is -2.07. The Labute approximate surface area is 111 Å². The Balaban J connectivity index is 2.16. The molecule has 3 N–H and O–H groups in total. The summed E-state index contributed by atoms with van der Waals surface area (Å²) in [5, 5.41) is 10.8. The second-order valence-corrected chi connectivity index (χ2v) is 3.63. The van der Waals surface area contributed by atoms with E-state index in [1.807, 2.05) is 0 Å². The maximum absolute atomic E-state index is 11.7. The van der Waals surface area contributed by atoms with Crippen molar-refractivity contribution in [3.8, 4) is 0 Å². The molecule has 0 bridgehead atoms. The molecule has 2 aromatic rings. The maximum Gasteiger partial charge on any atom is 0.377 e. The van der Waals surface area contributed by atoms with Crippen LogP contribution >= 0.6 is 0 Å². The molecule has 0 spiro atoms. The molecule has 9 nitrogen and oxygen atoms in total. The van der Waals surface area contributed by atoms with Gasteiger partial charge < -0.3 is 4.98 Å². The van der Waals surface area contributed by atoms with Gasteiger partial charge in [0.1, 0.15) is 0 Å². The minimum Gasteiger partial charge on any atom is -0.307 e. The van der Waals surface area contributed by atoms with Crippen molar-refractivity contribution in [1.82, 2.24) is 15.4 Å². The number of carbonyl (C=O) groups is 1. The third-order valence-corrected chi connectivity index (χ3v) is 2.34. The highest BCUT2D eigenvalue weighted by atomic mass is 16.6. The summed E-state index contributed by atoms with van der Waals surface area (Å²) < 4.78 is 0. The highest BCUT2D eigenvalue weighted by molar-refractivity contribution is 5.94. The topological polar surface area (TPSA) is 130 Å². The molecule has 9 heteroatoms. The van der Waals surface area contributed by atoms with E-state index in [9.17, 15) is 19.7 Å². The maximum atomic E-state index is 11.7. The van der Waals surface area contributed by atoms with Crippen molar-refractivity contribution in [3.05, 3.63) is 62.7 Å². The minimum atomic E-state index is -0.915. The van der Waals surface area contributed by atoms with Crippen molar-refractivity contribution >= 4 is 17.4 Å². The first kappa shape index (κ1) is 13.2. The zero-order valence-corrected chi connectivity index (χ0v) is 9.99. The molecule has 2 rings (SSSR count). The van der Waals surface area contributed by atoms with Crippen LogP contribution in [0.25, 0.3) is 0 Å². The first-order chi connectivity index (χ1) is 9.59. The fourth-order valence-electron chi connectivity index (χ4n) is 1.43. The monoisotopic (exact) mass is 275 g/mol. The molecule has 20 heavy (non-hydrogen) atoms. The van der Waals surface area contributed by atoms with Crippen molar-refractivity contribution < 1.29 is 9.72 Å². The third kappa shape index (κ3) is 2.77. The fraction of sp³-hybridized carbons (Fsp3) is 0. The fourth-order valence-corrected chi connectivity index (χ4v) is 1.43. The van der Waals surface area contributed by atoms with Gasteiger partial charge in [0.05, 0.1) is 11.3 Å². The first-order valence-electron chi connectivity index (χ1n) is 5.43. The molecule has 0 aliphatic carbocycles. The van der Waals surface area contributed by atoms with Gasteiger partial charge in [-0.05, 0) is 12.1 Å². The molecule has 0 saturated carbocycles. The number of carbonyl (C=O) groups excluding carboxylic acids is 1. The number of amides is 1. The number of aromatic nitrogens is 2. The summed E-state index contributed by atoms with van der Waals surface area (Å²) in [5.74, 6) is -0.856. The van der Waals surface area contributed by atoms with E-state index in [0.717, 1.165) is 6.33 Å². The average Bonchev–Trinajstić information content (AvgIpc) is 2.45.